The molecule has 0 aliphatic rings. The van der Waals surface area contributed by atoms with E-state index in [0.717, 1.165) is 5.82 Å². The van der Waals surface area contributed by atoms with Crippen molar-refractivity contribution in [2.45, 2.75) is 30.8 Å². The summed E-state index contributed by atoms with van der Waals surface area (Å²) in [5.74, 6) is 0.729. The van der Waals surface area contributed by atoms with Crippen molar-refractivity contribution < 1.29 is 14.5 Å². The normalized spacial score (nSPS) is 11.7. The number of aryl methyl sites for hydroxylation is 1. The van der Waals surface area contributed by atoms with Crippen molar-refractivity contribution in [2.24, 2.45) is 0 Å². The van der Waals surface area contributed by atoms with Crippen LogP contribution in [0.4, 0.5) is 11.4 Å². The van der Waals surface area contributed by atoms with E-state index in [9.17, 15) is 14.9 Å². The summed E-state index contributed by atoms with van der Waals surface area (Å²) in [7, 11) is 1.43. The first-order chi connectivity index (χ1) is 12.4. The maximum atomic E-state index is 12.5. The van der Waals surface area contributed by atoms with Gasteiger partial charge in [0.2, 0.25) is 5.91 Å². The van der Waals surface area contributed by atoms with Gasteiger partial charge in [-0.05, 0) is 19.9 Å². The number of nitro groups is 1. The maximum absolute atomic E-state index is 12.5. The Hall–Kier alpha value is -2.88. The lowest BCUT2D eigenvalue weighted by atomic mass is 10.2. The van der Waals surface area contributed by atoms with Gasteiger partial charge in [0, 0.05) is 18.7 Å². The third kappa shape index (κ3) is 4.39. The van der Waals surface area contributed by atoms with Crippen molar-refractivity contribution in [3.8, 4) is 5.75 Å². The highest BCUT2D eigenvalue weighted by atomic mass is 32.2. The number of benzene rings is 1. The first kappa shape index (κ1) is 19.4. The van der Waals surface area contributed by atoms with Gasteiger partial charge >= 0.3 is 0 Å². The summed E-state index contributed by atoms with van der Waals surface area (Å²) in [6, 6.07) is 4.02. The molecule has 0 aliphatic carbocycles. The van der Waals surface area contributed by atoms with Gasteiger partial charge in [-0.15, -0.1) is 16.8 Å². The molecule has 2 aromatic rings. The number of thioether (sulfide) groups is 1. The summed E-state index contributed by atoms with van der Waals surface area (Å²) in [5.41, 5.74) is 0.102. The number of rotatable bonds is 8. The van der Waals surface area contributed by atoms with Gasteiger partial charge in [-0.25, -0.2) is 0 Å². The summed E-state index contributed by atoms with van der Waals surface area (Å²) in [4.78, 5) is 22.9. The Morgan fingerprint density at radius 1 is 1.54 bits per heavy atom. The van der Waals surface area contributed by atoms with Gasteiger partial charge < -0.3 is 14.6 Å². The fourth-order valence-electron chi connectivity index (χ4n) is 2.14. The van der Waals surface area contributed by atoms with Crippen LogP contribution in [-0.4, -0.2) is 38.0 Å². The maximum Gasteiger partial charge on any atom is 0.271 e. The molecular weight excluding hydrogens is 358 g/mol. The van der Waals surface area contributed by atoms with Crippen molar-refractivity contribution in [2.75, 3.05) is 12.4 Å². The molecule has 0 saturated carbocycles. The molecule has 1 N–H and O–H groups in total. The molecule has 0 bridgehead atoms. The Morgan fingerprint density at radius 3 is 2.88 bits per heavy atom. The summed E-state index contributed by atoms with van der Waals surface area (Å²) in [6.45, 7) is 7.76. The van der Waals surface area contributed by atoms with Crippen LogP contribution in [0, 0.1) is 17.0 Å². The lowest BCUT2D eigenvalue weighted by molar-refractivity contribution is -0.384. The quantitative estimate of drug-likeness (QED) is 0.326. The number of non-ortho nitro benzene ring substituents is 1. The fourth-order valence-corrected chi connectivity index (χ4v) is 3.05. The molecule has 0 fully saturated rings. The van der Waals surface area contributed by atoms with Gasteiger partial charge in [-0.1, -0.05) is 17.8 Å². The molecule has 1 atom stereocenters. The van der Waals surface area contributed by atoms with Crippen LogP contribution in [0.2, 0.25) is 0 Å². The smallest absolute Gasteiger partial charge is 0.271 e. The number of nitrogens with one attached hydrogen (secondary N) is 1. The van der Waals surface area contributed by atoms with E-state index in [1.807, 2.05) is 11.5 Å². The molecule has 10 heteroatoms. The van der Waals surface area contributed by atoms with Crippen LogP contribution in [0.15, 0.2) is 36.0 Å². The molecule has 1 aromatic carbocycles. The lowest BCUT2D eigenvalue weighted by Gasteiger charge is -2.14. The Balaban J connectivity index is 2.16. The van der Waals surface area contributed by atoms with Crippen molar-refractivity contribution >= 4 is 29.0 Å². The molecule has 1 aromatic heterocycles. The van der Waals surface area contributed by atoms with Crippen LogP contribution >= 0.6 is 11.8 Å². The minimum Gasteiger partial charge on any atom is -0.495 e. The number of amides is 1. The molecule has 2 rings (SSSR count). The number of ether oxygens (including phenoxy) is 1. The standard InChI is InChI=1S/C16H19N5O4S/c1-5-8-20-11(3)18-19-16(20)26-10(2)15(22)17-13-9-12(21(23)24)6-7-14(13)25-4/h5-7,9-10H,1,8H2,2-4H3,(H,17,22)/t10-/m0/s1. The zero-order valence-electron chi connectivity index (χ0n) is 14.6. The van der Waals surface area contributed by atoms with Crippen LogP contribution in [-0.2, 0) is 11.3 Å². The highest BCUT2D eigenvalue weighted by Gasteiger charge is 2.21. The molecule has 0 saturated heterocycles. The van der Waals surface area contributed by atoms with Crippen LogP contribution in [0.3, 0.4) is 0 Å². The van der Waals surface area contributed by atoms with E-state index >= 15 is 0 Å². The Morgan fingerprint density at radius 2 is 2.27 bits per heavy atom. The summed E-state index contributed by atoms with van der Waals surface area (Å²) in [5, 5.41) is 21.8. The lowest BCUT2D eigenvalue weighted by Crippen LogP contribution is -2.23. The molecule has 0 unspecified atom stereocenters. The van der Waals surface area contributed by atoms with Gasteiger partial charge in [0.15, 0.2) is 5.16 Å². The first-order valence-electron chi connectivity index (χ1n) is 7.68. The number of hydrogen-bond acceptors (Lipinski definition) is 7. The largest absolute Gasteiger partial charge is 0.495 e. The summed E-state index contributed by atoms with van der Waals surface area (Å²) < 4.78 is 6.99. The fraction of sp³-hybridized carbons (Fsp3) is 0.312. The van der Waals surface area contributed by atoms with E-state index in [1.54, 1.807) is 13.0 Å². The molecule has 0 spiro atoms. The topological polar surface area (TPSA) is 112 Å². The number of allylic oxidation sites excluding steroid dienone is 1. The third-order valence-electron chi connectivity index (χ3n) is 3.52. The molecule has 0 radical (unpaired) electrons. The zero-order valence-corrected chi connectivity index (χ0v) is 15.4. The van der Waals surface area contributed by atoms with Crippen LogP contribution in [0.5, 0.6) is 5.75 Å². The van der Waals surface area contributed by atoms with E-state index in [4.69, 9.17) is 4.74 Å². The van der Waals surface area contributed by atoms with Crippen LogP contribution in [0.1, 0.15) is 12.7 Å². The molecule has 138 valence electrons. The molecule has 0 aliphatic heterocycles. The van der Waals surface area contributed by atoms with E-state index < -0.39 is 10.2 Å². The van der Waals surface area contributed by atoms with E-state index in [0.29, 0.717) is 17.5 Å². The van der Waals surface area contributed by atoms with Gasteiger partial charge in [0.25, 0.3) is 5.69 Å². The number of hydrogen-bond donors (Lipinski definition) is 1. The van der Waals surface area contributed by atoms with Crippen LogP contribution in [0.25, 0.3) is 0 Å². The van der Waals surface area contributed by atoms with Gasteiger partial charge in [0.1, 0.15) is 11.6 Å². The number of methoxy groups -OCH3 is 1. The number of anilines is 1. The SMILES string of the molecule is C=CCn1c(C)nnc1S[C@@H](C)C(=O)Nc1cc([N+](=O)[O-])ccc1OC. The zero-order chi connectivity index (χ0) is 19.3. The number of carbonyl (C=O) groups excluding carboxylic acids is 1. The number of carbonyl (C=O) groups is 1. The Labute approximate surface area is 154 Å². The minimum atomic E-state index is -0.534. The minimum absolute atomic E-state index is 0.136. The predicted octanol–water partition coefficient (Wildman–Crippen LogP) is 2.81. The Kier molecular flexibility index (Phi) is 6.34. The summed E-state index contributed by atoms with van der Waals surface area (Å²) >= 11 is 1.24. The molecule has 1 heterocycles. The van der Waals surface area contributed by atoms with Gasteiger partial charge in [-0.3, -0.25) is 14.9 Å². The molecular formula is C16H19N5O4S. The van der Waals surface area contributed by atoms with E-state index in [2.05, 4.69) is 22.1 Å². The summed E-state index contributed by atoms with van der Waals surface area (Å²) in [6.07, 6.45) is 1.72. The van der Waals surface area contributed by atoms with E-state index in [1.165, 1.54) is 37.1 Å². The monoisotopic (exact) mass is 377 g/mol. The number of nitrogens with zero attached hydrogens (tertiary/aromatic N) is 4. The Bertz CT molecular complexity index is 836. The van der Waals surface area contributed by atoms with Crippen molar-refractivity contribution in [1.29, 1.82) is 0 Å². The van der Waals surface area contributed by atoms with Crippen molar-refractivity contribution in [1.82, 2.24) is 14.8 Å². The second kappa shape index (κ2) is 8.48. The number of aromatic nitrogens is 3. The average molecular weight is 377 g/mol. The second-order valence-electron chi connectivity index (χ2n) is 5.32. The van der Waals surface area contributed by atoms with Gasteiger partial charge in [0.05, 0.1) is 23.0 Å². The molecule has 9 nitrogen and oxygen atoms in total. The van der Waals surface area contributed by atoms with E-state index in [-0.39, 0.29) is 17.3 Å². The predicted molar refractivity (Wildman–Crippen MR) is 98.6 cm³/mol. The average Bonchev–Trinajstić information content (AvgIpc) is 2.95. The van der Waals surface area contributed by atoms with Crippen molar-refractivity contribution in [3.63, 3.8) is 0 Å². The van der Waals surface area contributed by atoms with Crippen LogP contribution < -0.4 is 10.1 Å². The third-order valence-corrected chi connectivity index (χ3v) is 4.60. The second-order valence-corrected chi connectivity index (χ2v) is 6.63. The first-order valence-corrected chi connectivity index (χ1v) is 8.56. The van der Waals surface area contributed by atoms with Crippen molar-refractivity contribution in [3.05, 3.63) is 46.8 Å². The number of nitro benzene ring substituents is 1. The molecule has 1 amide bonds. The van der Waals surface area contributed by atoms with Gasteiger partial charge in [-0.2, -0.15) is 0 Å². The highest BCUT2D eigenvalue weighted by Crippen LogP contribution is 2.30. The molecule has 26 heavy (non-hydrogen) atoms. The highest BCUT2D eigenvalue weighted by molar-refractivity contribution is 8.00.